The molecule has 0 radical (unpaired) electrons. The van der Waals surface area contributed by atoms with Gasteiger partial charge < -0.3 is 9.47 Å². The first-order valence-corrected chi connectivity index (χ1v) is 6.28. The number of hydrogen-bond donors (Lipinski definition) is 0. The lowest BCUT2D eigenvalue weighted by Gasteiger charge is -2.17. The van der Waals surface area contributed by atoms with E-state index < -0.39 is 40.1 Å². The highest BCUT2D eigenvalue weighted by molar-refractivity contribution is 5.74. The SMILES string of the molecule is CCCCC(Oc1cc(F)c([N+](=O)[O-])cc1F)C(=O)OC. The minimum Gasteiger partial charge on any atom is -0.476 e. The average Bonchev–Trinajstić information content (AvgIpc) is 2.45. The van der Waals surface area contributed by atoms with Crippen LogP contribution in [0.15, 0.2) is 12.1 Å². The molecule has 0 aliphatic carbocycles. The molecular formula is C13H15F2NO5. The van der Waals surface area contributed by atoms with E-state index in [0.29, 0.717) is 18.6 Å². The molecule has 0 aliphatic heterocycles. The summed E-state index contributed by atoms with van der Waals surface area (Å²) in [5.41, 5.74) is -0.997. The van der Waals surface area contributed by atoms with Crippen molar-refractivity contribution >= 4 is 11.7 Å². The van der Waals surface area contributed by atoms with Crippen LogP contribution in [0, 0.1) is 21.7 Å². The van der Waals surface area contributed by atoms with Gasteiger partial charge in [0.1, 0.15) is 0 Å². The van der Waals surface area contributed by atoms with Crippen LogP contribution >= 0.6 is 0 Å². The molecule has 21 heavy (non-hydrogen) atoms. The fraction of sp³-hybridized carbons (Fsp3) is 0.462. The fourth-order valence-electron chi connectivity index (χ4n) is 1.65. The zero-order valence-electron chi connectivity index (χ0n) is 11.6. The molecule has 0 fully saturated rings. The van der Waals surface area contributed by atoms with Gasteiger partial charge in [-0.1, -0.05) is 13.3 Å². The third kappa shape index (κ3) is 4.37. The molecule has 0 aliphatic rings. The number of unbranched alkanes of at least 4 members (excludes halogenated alkanes) is 1. The summed E-state index contributed by atoms with van der Waals surface area (Å²) < 4.78 is 36.8. The summed E-state index contributed by atoms with van der Waals surface area (Å²) in [6.07, 6.45) is 0.566. The largest absolute Gasteiger partial charge is 0.476 e. The molecule has 1 aromatic rings. The van der Waals surface area contributed by atoms with Crippen LogP contribution in [0.1, 0.15) is 26.2 Å². The van der Waals surface area contributed by atoms with Gasteiger partial charge in [-0.05, 0) is 12.8 Å². The minimum absolute atomic E-state index is 0.265. The van der Waals surface area contributed by atoms with Crippen molar-refractivity contribution in [3.8, 4) is 5.75 Å². The van der Waals surface area contributed by atoms with Gasteiger partial charge in [0.25, 0.3) is 0 Å². The Hall–Kier alpha value is -2.25. The first-order chi connectivity index (χ1) is 9.90. The number of nitro groups is 1. The Morgan fingerprint density at radius 1 is 1.38 bits per heavy atom. The van der Waals surface area contributed by atoms with Gasteiger partial charge in [-0.2, -0.15) is 4.39 Å². The number of halogens is 2. The molecule has 0 bridgehead atoms. The van der Waals surface area contributed by atoms with Crippen LogP contribution in [0.25, 0.3) is 0 Å². The molecule has 8 heteroatoms. The van der Waals surface area contributed by atoms with Gasteiger partial charge in [-0.3, -0.25) is 10.1 Å². The monoisotopic (exact) mass is 303 g/mol. The summed E-state index contributed by atoms with van der Waals surface area (Å²) >= 11 is 0. The zero-order valence-corrected chi connectivity index (χ0v) is 11.6. The van der Waals surface area contributed by atoms with E-state index >= 15 is 0 Å². The van der Waals surface area contributed by atoms with Crippen LogP contribution in [0.2, 0.25) is 0 Å². The molecule has 116 valence electrons. The maximum Gasteiger partial charge on any atom is 0.347 e. The van der Waals surface area contributed by atoms with Crippen molar-refractivity contribution < 1.29 is 28.0 Å². The summed E-state index contributed by atoms with van der Waals surface area (Å²) in [5, 5.41) is 10.5. The molecule has 0 amide bonds. The number of carbonyl (C=O) groups is 1. The predicted molar refractivity (Wildman–Crippen MR) is 69.0 cm³/mol. The van der Waals surface area contributed by atoms with Crippen molar-refractivity contribution in [1.82, 2.24) is 0 Å². The second kappa shape index (κ2) is 7.51. The summed E-state index contributed by atoms with van der Waals surface area (Å²) in [6.45, 7) is 1.89. The number of carbonyl (C=O) groups excluding carboxylic acids is 1. The van der Waals surface area contributed by atoms with E-state index in [1.54, 1.807) is 0 Å². The Labute approximate surface area is 119 Å². The second-order valence-corrected chi connectivity index (χ2v) is 4.26. The van der Waals surface area contributed by atoms with Crippen LogP contribution in [-0.2, 0) is 9.53 Å². The zero-order chi connectivity index (χ0) is 16.0. The van der Waals surface area contributed by atoms with E-state index in [1.807, 2.05) is 6.92 Å². The van der Waals surface area contributed by atoms with Gasteiger partial charge in [-0.15, -0.1) is 0 Å². The highest BCUT2D eigenvalue weighted by Crippen LogP contribution is 2.27. The Kier molecular flexibility index (Phi) is 6.01. The molecule has 1 atom stereocenters. The van der Waals surface area contributed by atoms with Crippen LogP contribution < -0.4 is 4.74 Å². The molecule has 0 N–H and O–H groups in total. The number of methoxy groups -OCH3 is 1. The van der Waals surface area contributed by atoms with Crippen molar-refractivity contribution in [3.63, 3.8) is 0 Å². The van der Waals surface area contributed by atoms with E-state index in [0.717, 1.165) is 13.5 Å². The number of esters is 1. The summed E-state index contributed by atoms with van der Waals surface area (Å²) in [7, 11) is 1.15. The molecular weight excluding hydrogens is 288 g/mol. The van der Waals surface area contributed by atoms with Gasteiger partial charge in [0.05, 0.1) is 18.1 Å². The summed E-state index contributed by atoms with van der Waals surface area (Å²) in [6, 6.07) is 0.966. The molecule has 0 spiro atoms. The van der Waals surface area contributed by atoms with E-state index in [1.165, 1.54) is 0 Å². The highest BCUT2D eigenvalue weighted by atomic mass is 19.1. The van der Waals surface area contributed by atoms with Gasteiger partial charge in [0, 0.05) is 6.07 Å². The third-order valence-electron chi connectivity index (χ3n) is 2.75. The van der Waals surface area contributed by atoms with E-state index in [2.05, 4.69) is 4.74 Å². The van der Waals surface area contributed by atoms with Crippen LogP contribution in [0.4, 0.5) is 14.5 Å². The molecule has 0 aromatic heterocycles. The van der Waals surface area contributed by atoms with Crippen molar-refractivity contribution in [2.24, 2.45) is 0 Å². The minimum atomic E-state index is -1.24. The number of hydrogen-bond acceptors (Lipinski definition) is 5. The number of benzene rings is 1. The lowest BCUT2D eigenvalue weighted by Crippen LogP contribution is -2.29. The number of rotatable bonds is 7. The standard InChI is InChI=1S/C13H15F2NO5/c1-3-4-5-11(13(17)20-2)21-12-7-8(14)10(16(18)19)6-9(12)15/h6-7,11H,3-5H2,1-2H3. The van der Waals surface area contributed by atoms with Crippen molar-refractivity contribution in [2.45, 2.75) is 32.3 Å². The Balaban J connectivity index is 3.00. The van der Waals surface area contributed by atoms with Crippen molar-refractivity contribution in [1.29, 1.82) is 0 Å². The summed E-state index contributed by atoms with van der Waals surface area (Å²) in [4.78, 5) is 21.0. The van der Waals surface area contributed by atoms with E-state index in [-0.39, 0.29) is 6.42 Å². The maximum absolute atomic E-state index is 13.7. The first kappa shape index (κ1) is 16.8. The van der Waals surface area contributed by atoms with Gasteiger partial charge >= 0.3 is 11.7 Å². The van der Waals surface area contributed by atoms with Gasteiger partial charge in [0.15, 0.2) is 17.7 Å². The maximum atomic E-state index is 13.7. The average molecular weight is 303 g/mol. The lowest BCUT2D eigenvalue weighted by atomic mass is 10.1. The lowest BCUT2D eigenvalue weighted by molar-refractivity contribution is -0.387. The molecule has 1 aromatic carbocycles. The number of nitro benzene ring substituents is 1. The molecule has 0 saturated heterocycles. The molecule has 6 nitrogen and oxygen atoms in total. The number of ether oxygens (including phenoxy) is 2. The van der Waals surface area contributed by atoms with E-state index in [4.69, 9.17) is 4.74 Å². The van der Waals surface area contributed by atoms with Crippen molar-refractivity contribution in [3.05, 3.63) is 33.9 Å². The predicted octanol–water partition coefficient (Wildman–Crippen LogP) is 2.98. The van der Waals surface area contributed by atoms with Gasteiger partial charge in [-0.25, -0.2) is 9.18 Å². The second-order valence-electron chi connectivity index (χ2n) is 4.26. The Morgan fingerprint density at radius 3 is 2.57 bits per heavy atom. The quantitative estimate of drug-likeness (QED) is 0.439. The van der Waals surface area contributed by atoms with Gasteiger partial charge in [0.2, 0.25) is 5.82 Å². The molecule has 0 heterocycles. The first-order valence-electron chi connectivity index (χ1n) is 6.28. The fourth-order valence-corrected chi connectivity index (χ4v) is 1.65. The van der Waals surface area contributed by atoms with Crippen LogP contribution in [0.3, 0.4) is 0 Å². The normalized spacial score (nSPS) is 11.8. The number of nitrogens with zero attached hydrogens (tertiary/aromatic N) is 1. The molecule has 0 saturated carbocycles. The summed E-state index contributed by atoms with van der Waals surface area (Å²) in [5.74, 6) is -3.64. The van der Waals surface area contributed by atoms with Crippen molar-refractivity contribution in [2.75, 3.05) is 7.11 Å². The van der Waals surface area contributed by atoms with Crippen LogP contribution in [0.5, 0.6) is 5.75 Å². The third-order valence-corrected chi connectivity index (χ3v) is 2.75. The smallest absolute Gasteiger partial charge is 0.347 e. The molecule has 1 unspecified atom stereocenters. The Bertz CT molecular complexity index is 536. The topological polar surface area (TPSA) is 78.7 Å². The van der Waals surface area contributed by atoms with E-state index in [9.17, 15) is 23.7 Å². The Morgan fingerprint density at radius 2 is 2.05 bits per heavy atom. The van der Waals surface area contributed by atoms with Crippen LogP contribution in [-0.4, -0.2) is 24.1 Å². The molecule has 1 rings (SSSR count). The highest BCUT2D eigenvalue weighted by Gasteiger charge is 2.25.